The van der Waals surface area contributed by atoms with E-state index in [-0.39, 0.29) is 5.41 Å². The average molecular weight is 176 g/mol. The van der Waals surface area contributed by atoms with Crippen LogP contribution in [0.3, 0.4) is 0 Å². The van der Waals surface area contributed by atoms with Crippen LogP contribution in [0.1, 0.15) is 26.5 Å². The van der Waals surface area contributed by atoms with Crippen molar-refractivity contribution in [3.63, 3.8) is 0 Å². The van der Waals surface area contributed by atoms with Crippen molar-refractivity contribution < 1.29 is 4.52 Å². The Hall–Kier alpha value is -1.38. The molecular formula is C10H12N2O. The molecule has 0 bridgehead atoms. The summed E-state index contributed by atoms with van der Waals surface area (Å²) in [7, 11) is 0. The van der Waals surface area contributed by atoms with Crippen LogP contribution in [-0.2, 0) is 5.41 Å². The molecule has 0 atom stereocenters. The van der Waals surface area contributed by atoms with Crippen molar-refractivity contribution in [3.05, 3.63) is 24.2 Å². The van der Waals surface area contributed by atoms with Crippen LogP contribution in [-0.4, -0.2) is 10.1 Å². The Kier molecular flexibility index (Phi) is 1.62. The third-order valence-electron chi connectivity index (χ3n) is 1.99. The number of hydrogen-bond donors (Lipinski definition) is 0. The second-order valence-corrected chi connectivity index (χ2v) is 4.15. The van der Waals surface area contributed by atoms with Crippen LogP contribution in [0.2, 0.25) is 0 Å². The monoisotopic (exact) mass is 176 g/mol. The largest absolute Gasteiger partial charge is 0.354 e. The van der Waals surface area contributed by atoms with E-state index in [1.54, 1.807) is 12.4 Å². The lowest BCUT2D eigenvalue weighted by Gasteiger charge is -2.13. The lowest BCUT2D eigenvalue weighted by Crippen LogP contribution is -2.11. The predicted octanol–water partition coefficient (Wildman–Crippen LogP) is 2.52. The molecule has 0 amide bonds. The first-order valence-electron chi connectivity index (χ1n) is 4.29. The molecule has 2 aromatic heterocycles. The molecule has 3 nitrogen and oxygen atoms in total. The molecule has 0 aliphatic carbocycles. The van der Waals surface area contributed by atoms with E-state index in [0.29, 0.717) is 0 Å². The van der Waals surface area contributed by atoms with Gasteiger partial charge in [-0.25, -0.2) is 0 Å². The van der Waals surface area contributed by atoms with Crippen molar-refractivity contribution in [2.45, 2.75) is 26.2 Å². The highest BCUT2D eigenvalue weighted by Crippen LogP contribution is 2.28. The molecule has 2 rings (SSSR count). The Balaban J connectivity index is 2.72. The zero-order valence-electron chi connectivity index (χ0n) is 8.03. The molecule has 2 aromatic rings. The summed E-state index contributed by atoms with van der Waals surface area (Å²) in [6.45, 7) is 6.35. The van der Waals surface area contributed by atoms with E-state index in [0.717, 1.165) is 16.7 Å². The molecule has 0 spiro atoms. The topological polar surface area (TPSA) is 38.9 Å². The van der Waals surface area contributed by atoms with E-state index in [2.05, 4.69) is 30.9 Å². The molecule has 0 N–H and O–H groups in total. The minimum absolute atomic E-state index is 0.0204. The first-order valence-corrected chi connectivity index (χ1v) is 4.29. The van der Waals surface area contributed by atoms with Gasteiger partial charge in [0.2, 0.25) is 0 Å². The second-order valence-electron chi connectivity index (χ2n) is 4.15. The van der Waals surface area contributed by atoms with Gasteiger partial charge in [-0.1, -0.05) is 25.9 Å². The van der Waals surface area contributed by atoms with Gasteiger partial charge in [0.25, 0.3) is 0 Å². The number of fused-ring (bicyclic) bond motifs is 1. The molecule has 68 valence electrons. The van der Waals surface area contributed by atoms with Crippen molar-refractivity contribution in [1.29, 1.82) is 0 Å². The van der Waals surface area contributed by atoms with E-state index >= 15 is 0 Å². The smallest absolute Gasteiger partial charge is 0.185 e. The van der Waals surface area contributed by atoms with Crippen molar-refractivity contribution in [2.75, 3.05) is 0 Å². The Bertz CT molecular complexity index is 426. The van der Waals surface area contributed by atoms with Crippen molar-refractivity contribution >= 4 is 11.0 Å². The van der Waals surface area contributed by atoms with Gasteiger partial charge in [-0.05, 0) is 6.07 Å². The molecule has 0 saturated carbocycles. The van der Waals surface area contributed by atoms with Gasteiger partial charge in [0, 0.05) is 17.0 Å². The molecule has 2 heterocycles. The van der Waals surface area contributed by atoms with Gasteiger partial charge < -0.3 is 4.52 Å². The summed E-state index contributed by atoms with van der Waals surface area (Å²) < 4.78 is 5.16. The third-order valence-corrected chi connectivity index (χ3v) is 1.99. The fourth-order valence-electron chi connectivity index (χ4n) is 1.33. The van der Waals surface area contributed by atoms with E-state index in [1.807, 2.05) is 6.07 Å². The summed E-state index contributed by atoms with van der Waals surface area (Å²) in [6.07, 6.45) is 3.45. The Morgan fingerprint density at radius 1 is 1.31 bits per heavy atom. The minimum atomic E-state index is 0.0204. The van der Waals surface area contributed by atoms with Crippen LogP contribution in [0.25, 0.3) is 11.0 Å². The zero-order valence-corrected chi connectivity index (χ0v) is 8.03. The Labute approximate surface area is 76.8 Å². The maximum atomic E-state index is 5.16. The van der Waals surface area contributed by atoms with E-state index in [9.17, 15) is 0 Å². The number of rotatable bonds is 0. The molecule has 0 saturated heterocycles. The van der Waals surface area contributed by atoms with Gasteiger partial charge in [0.1, 0.15) is 0 Å². The van der Waals surface area contributed by atoms with Crippen molar-refractivity contribution in [3.8, 4) is 0 Å². The maximum absolute atomic E-state index is 5.16. The lowest BCUT2D eigenvalue weighted by molar-refractivity contribution is 0.419. The molecule has 0 aliphatic heterocycles. The van der Waals surface area contributed by atoms with Crippen molar-refractivity contribution in [2.24, 2.45) is 0 Å². The first-order chi connectivity index (χ1) is 6.09. The number of hydrogen-bond acceptors (Lipinski definition) is 3. The normalized spacial score (nSPS) is 12.2. The van der Waals surface area contributed by atoms with Crippen LogP contribution in [0, 0.1) is 0 Å². The van der Waals surface area contributed by atoms with E-state index in [4.69, 9.17) is 4.52 Å². The molecule has 0 fully saturated rings. The highest BCUT2D eigenvalue weighted by molar-refractivity contribution is 5.79. The van der Waals surface area contributed by atoms with Crippen molar-refractivity contribution in [1.82, 2.24) is 10.1 Å². The molecule has 13 heavy (non-hydrogen) atoms. The Morgan fingerprint density at radius 3 is 2.77 bits per heavy atom. The lowest BCUT2D eigenvalue weighted by atomic mass is 9.90. The molecule has 0 unspecified atom stereocenters. The summed E-state index contributed by atoms with van der Waals surface area (Å²) >= 11 is 0. The quantitative estimate of drug-likeness (QED) is 0.619. The van der Waals surface area contributed by atoms with Crippen LogP contribution in [0.5, 0.6) is 0 Å². The first kappa shape index (κ1) is 8.23. The SMILES string of the molecule is CC(C)(C)c1noc2cnccc12. The fraction of sp³-hybridized carbons (Fsp3) is 0.400. The van der Waals surface area contributed by atoms with Gasteiger partial charge in [-0.2, -0.15) is 0 Å². The minimum Gasteiger partial charge on any atom is -0.354 e. The van der Waals surface area contributed by atoms with Crippen LogP contribution in [0.15, 0.2) is 23.0 Å². The highest BCUT2D eigenvalue weighted by atomic mass is 16.5. The predicted molar refractivity (Wildman–Crippen MR) is 50.5 cm³/mol. The third kappa shape index (κ3) is 1.30. The number of nitrogens with zero attached hydrogens (tertiary/aromatic N) is 2. The Morgan fingerprint density at radius 2 is 2.08 bits per heavy atom. The van der Waals surface area contributed by atoms with E-state index < -0.39 is 0 Å². The molecule has 0 aromatic carbocycles. The van der Waals surface area contributed by atoms with Gasteiger partial charge in [-0.3, -0.25) is 4.98 Å². The highest BCUT2D eigenvalue weighted by Gasteiger charge is 2.21. The molecule has 3 heteroatoms. The van der Waals surface area contributed by atoms with Crippen LogP contribution >= 0.6 is 0 Å². The summed E-state index contributed by atoms with van der Waals surface area (Å²) in [4.78, 5) is 3.97. The second kappa shape index (κ2) is 2.55. The summed E-state index contributed by atoms with van der Waals surface area (Å²) in [5.41, 5.74) is 1.77. The summed E-state index contributed by atoms with van der Waals surface area (Å²) in [5.74, 6) is 0. The van der Waals surface area contributed by atoms with Gasteiger partial charge in [0.15, 0.2) is 5.58 Å². The zero-order chi connectivity index (χ0) is 9.47. The number of pyridine rings is 1. The fourth-order valence-corrected chi connectivity index (χ4v) is 1.33. The van der Waals surface area contributed by atoms with E-state index in [1.165, 1.54) is 0 Å². The van der Waals surface area contributed by atoms with Gasteiger partial charge in [-0.15, -0.1) is 0 Å². The van der Waals surface area contributed by atoms with Gasteiger partial charge in [0.05, 0.1) is 11.9 Å². The van der Waals surface area contributed by atoms with Crippen LogP contribution in [0.4, 0.5) is 0 Å². The average Bonchev–Trinajstić information content (AvgIpc) is 2.45. The summed E-state index contributed by atoms with van der Waals surface area (Å²) in [6, 6.07) is 1.94. The van der Waals surface area contributed by atoms with Gasteiger partial charge >= 0.3 is 0 Å². The molecule has 0 aliphatic rings. The standard InChI is InChI=1S/C10H12N2O/c1-10(2,3)9-7-4-5-11-6-8(7)13-12-9/h4-6H,1-3H3. The summed E-state index contributed by atoms with van der Waals surface area (Å²) in [5, 5.41) is 5.11. The number of aromatic nitrogens is 2. The molecule has 0 radical (unpaired) electrons. The molecular weight excluding hydrogens is 164 g/mol. The van der Waals surface area contributed by atoms with Crippen LogP contribution < -0.4 is 0 Å². The maximum Gasteiger partial charge on any atom is 0.185 e.